The van der Waals surface area contributed by atoms with Crippen molar-refractivity contribution in [3.8, 4) is 0 Å². The molecule has 0 spiro atoms. The fourth-order valence-corrected chi connectivity index (χ4v) is 3.43. The van der Waals surface area contributed by atoms with Crippen molar-refractivity contribution in [2.75, 3.05) is 32.7 Å². The molecule has 1 atom stereocenters. The van der Waals surface area contributed by atoms with Crippen LogP contribution in [0.25, 0.3) is 0 Å². The highest BCUT2D eigenvalue weighted by molar-refractivity contribution is 5.81. The number of amides is 1. The molecule has 110 valence electrons. The van der Waals surface area contributed by atoms with Crippen LogP contribution in [0.2, 0.25) is 0 Å². The van der Waals surface area contributed by atoms with Crippen LogP contribution >= 0.6 is 0 Å². The average Bonchev–Trinajstić information content (AvgIpc) is 2.98. The minimum absolute atomic E-state index is 0.0566. The van der Waals surface area contributed by atoms with Crippen LogP contribution in [-0.2, 0) is 4.79 Å². The van der Waals surface area contributed by atoms with Gasteiger partial charge in [-0.3, -0.25) is 9.69 Å². The van der Waals surface area contributed by atoms with Crippen LogP contribution in [-0.4, -0.2) is 60.5 Å². The Hall–Kier alpha value is -0.610. The number of hydrogen-bond acceptors (Lipinski definition) is 3. The van der Waals surface area contributed by atoms with E-state index in [0.29, 0.717) is 11.9 Å². The molecule has 2 heterocycles. The topological polar surface area (TPSA) is 35.6 Å². The summed E-state index contributed by atoms with van der Waals surface area (Å²) in [6.45, 7) is 9.49. The first-order valence-electron chi connectivity index (χ1n) is 7.99. The van der Waals surface area contributed by atoms with Crippen LogP contribution in [0.1, 0.15) is 46.0 Å². The lowest BCUT2D eigenvalue weighted by molar-refractivity contribution is -0.136. The third-order valence-corrected chi connectivity index (χ3v) is 4.53. The van der Waals surface area contributed by atoms with E-state index in [1.54, 1.807) is 0 Å². The molecule has 1 N–H and O–H groups in total. The van der Waals surface area contributed by atoms with Crippen molar-refractivity contribution in [1.82, 2.24) is 15.1 Å². The fraction of sp³-hybridized carbons (Fsp3) is 0.933. The van der Waals surface area contributed by atoms with Crippen LogP contribution in [0.3, 0.4) is 0 Å². The Kier molecular flexibility index (Phi) is 5.64. The summed E-state index contributed by atoms with van der Waals surface area (Å²) in [5.41, 5.74) is 0. The lowest BCUT2D eigenvalue weighted by Crippen LogP contribution is -2.53. The standard InChI is InChI=1S/C15H29N3O/c1-3-10-18(14-6-8-16-9-7-14)13(2)15(19)17-11-4-5-12-17/h13-14,16H,3-12H2,1-2H3. The zero-order valence-corrected chi connectivity index (χ0v) is 12.5. The Balaban J connectivity index is 1.97. The van der Waals surface area contributed by atoms with Gasteiger partial charge in [-0.15, -0.1) is 0 Å². The molecule has 0 saturated carbocycles. The second kappa shape index (κ2) is 7.25. The predicted molar refractivity (Wildman–Crippen MR) is 78.2 cm³/mol. The van der Waals surface area contributed by atoms with E-state index in [4.69, 9.17) is 0 Å². The molecule has 19 heavy (non-hydrogen) atoms. The predicted octanol–water partition coefficient (Wildman–Crippen LogP) is 1.46. The van der Waals surface area contributed by atoms with Crippen LogP contribution < -0.4 is 5.32 Å². The molecule has 0 radical (unpaired) electrons. The largest absolute Gasteiger partial charge is 0.341 e. The van der Waals surface area contributed by atoms with E-state index in [2.05, 4.69) is 29.0 Å². The molecule has 1 unspecified atom stereocenters. The smallest absolute Gasteiger partial charge is 0.239 e. The van der Waals surface area contributed by atoms with Gasteiger partial charge in [-0.25, -0.2) is 0 Å². The van der Waals surface area contributed by atoms with E-state index < -0.39 is 0 Å². The monoisotopic (exact) mass is 267 g/mol. The van der Waals surface area contributed by atoms with Crippen molar-refractivity contribution in [2.45, 2.75) is 58.0 Å². The minimum Gasteiger partial charge on any atom is -0.341 e. The van der Waals surface area contributed by atoms with Gasteiger partial charge in [0.05, 0.1) is 6.04 Å². The molecule has 0 aliphatic carbocycles. The van der Waals surface area contributed by atoms with Crippen molar-refractivity contribution in [2.24, 2.45) is 0 Å². The molecule has 2 rings (SSSR count). The molecule has 2 aliphatic rings. The van der Waals surface area contributed by atoms with Gasteiger partial charge in [-0.05, 0) is 58.7 Å². The molecule has 0 aromatic carbocycles. The van der Waals surface area contributed by atoms with Gasteiger partial charge in [0, 0.05) is 19.1 Å². The zero-order chi connectivity index (χ0) is 13.7. The van der Waals surface area contributed by atoms with Crippen molar-refractivity contribution in [1.29, 1.82) is 0 Å². The molecule has 1 amide bonds. The third-order valence-electron chi connectivity index (χ3n) is 4.53. The highest BCUT2D eigenvalue weighted by Crippen LogP contribution is 2.19. The van der Waals surface area contributed by atoms with Crippen molar-refractivity contribution in [3.05, 3.63) is 0 Å². The average molecular weight is 267 g/mol. The number of nitrogens with one attached hydrogen (secondary N) is 1. The normalized spacial score (nSPS) is 23.0. The maximum Gasteiger partial charge on any atom is 0.239 e. The van der Waals surface area contributed by atoms with Crippen molar-refractivity contribution >= 4 is 5.91 Å². The van der Waals surface area contributed by atoms with Gasteiger partial charge < -0.3 is 10.2 Å². The van der Waals surface area contributed by atoms with E-state index in [1.807, 2.05) is 0 Å². The van der Waals surface area contributed by atoms with E-state index in [9.17, 15) is 4.79 Å². The summed E-state index contributed by atoms with van der Waals surface area (Å²) in [7, 11) is 0. The van der Waals surface area contributed by atoms with Crippen LogP contribution in [0, 0.1) is 0 Å². The summed E-state index contributed by atoms with van der Waals surface area (Å²) in [5.74, 6) is 0.351. The molecule has 2 aliphatic heterocycles. The van der Waals surface area contributed by atoms with Crippen molar-refractivity contribution < 1.29 is 4.79 Å². The maximum atomic E-state index is 12.6. The Bertz CT molecular complexity index is 283. The quantitative estimate of drug-likeness (QED) is 0.819. The van der Waals surface area contributed by atoms with Crippen molar-refractivity contribution in [3.63, 3.8) is 0 Å². The first kappa shape index (κ1) is 14.8. The molecule has 0 bridgehead atoms. The summed E-state index contributed by atoms with van der Waals surface area (Å²) in [6, 6.07) is 0.643. The van der Waals surface area contributed by atoms with Gasteiger partial charge in [0.1, 0.15) is 0 Å². The number of piperidine rings is 1. The van der Waals surface area contributed by atoms with Gasteiger partial charge in [-0.1, -0.05) is 6.92 Å². The van der Waals surface area contributed by atoms with E-state index in [0.717, 1.165) is 39.1 Å². The Labute approximate surface area is 117 Å². The molecule has 2 fully saturated rings. The lowest BCUT2D eigenvalue weighted by Gasteiger charge is -2.39. The molecule has 0 aromatic rings. The van der Waals surface area contributed by atoms with Gasteiger partial charge in [0.2, 0.25) is 5.91 Å². The minimum atomic E-state index is 0.0566. The number of carbonyl (C=O) groups is 1. The highest BCUT2D eigenvalue weighted by atomic mass is 16.2. The van der Waals surface area contributed by atoms with Crippen LogP contribution in [0.15, 0.2) is 0 Å². The summed E-state index contributed by atoms with van der Waals surface area (Å²) in [4.78, 5) is 17.1. The molecular weight excluding hydrogens is 238 g/mol. The molecule has 2 saturated heterocycles. The second-order valence-electron chi connectivity index (χ2n) is 5.93. The Morgan fingerprint density at radius 2 is 1.95 bits per heavy atom. The molecular formula is C15H29N3O. The second-order valence-corrected chi connectivity index (χ2v) is 5.93. The van der Waals surface area contributed by atoms with Crippen LogP contribution in [0.4, 0.5) is 0 Å². The van der Waals surface area contributed by atoms with Gasteiger partial charge >= 0.3 is 0 Å². The SMILES string of the molecule is CCCN(C1CCNCC1)C(C)C(=O)N1CCCC1. The number of nitrogens with zero attached hydrogens (tertiary/aromatic N) is 2. The van der Waals surface area contributed by atoms with E-state index in [-0.39, 0.29) is 6.04 Å². The summed E-state index contributed by atoms with van der Waals surface area (Å²) in [6.07, 6.45) is 5.84. The lowest BCUT2D eigenvalue weighted by atomic mass is 10.0. The molecule has 0 aromatic heterocycles. The maximum absolute atomic E-state index is 12.6. The number of carbonyl (C=O) groups excluding carboxylic acids is 1. The third kappa shape index (κ3) is 3.69. The van der Waals surface area contributed by atoms with Gasteiger partial charge in [0.25, 0.3) is 0 Å². The molecule has 4 heteroatoms. The fourth-order valence-electron chi connectivity index (χ4n) is 3.43. The van der Waals surface area contributed by atoms with Gasteiger partial charge in [0.15, 0.2) is 0 Å². The number of rotatable bonds is 5. The Morgan fingerprint density at radius 3 is 2.53 bits per heavy atom. The highest BCUT2D eigenvalue weighted by Gasteiger charge is 2.31. The van der Waals surface area contributed by atoms with E-state index >= 15 is 0 Å². The first-order valence-corrected chi connectivity index (χ1v) is 7.99. The summed E-state index contributed by atoms with van der Waals surface area (Å²) >= 11 is 0. The van der Waals surface area contributed by atoms with Crippen LogP contribution in [0.5, 0.6) is 0 Å². The molecule has 4 nitrogen and oxygen atoms in total. The number of likely N-dealkylation sites (tertiary alicyclic amines) is 1. The Morgan fingerprint density at radius 1 is 1.32 bits per heavy atom. The summed E-state index contributed by atoms with van der Waals surface area (Å²) in [5, 5.41) is 3.41. The first-order chi connectivity index (χ1) is 9.24. The summed E-state index contributed by atoms with van der Waals surface area (Å²) < 4.78 is 0. The van der Waals surface area contributed by atoms with E-state index in [1.165, 1.54) is 25.7 Å². The number of hydrogen-bond donors (Lipinski definition) is 1. The zero-order valence-electron chi connectivity index (χ0n) is 12.5. The van der Waals surface area contributed by atoms with Gasteiger partial charge in [-0.2, -0.15) is 0 Å².